The van der Waals surface area contributed by atoms with Crippen LogP contribution in [0.25, 0.3) is 0 Å². The molecule has 1 N–H and O–H groups in total. The van der Waals surface area contributed by atoms with Crippen molar-refractivity contribution >= 4 is 0 Å². The van der Waals surface area contributed by atoms with Gasteiger partial charge in [-0.3, -0.25) is 0 Å². The van der Waals surface area contributed by atoms with Crippen LogP contribution in [0.2, 0.25) is 0 Å². The van der Waals surface area contributed by atoms with Crippen molar-refractivity contribution in [1.82, 2.24) is 5.32 Å². The quantitative estimate of drug-likeness (QED) is 0.785. The molecule has 1 fully saturated rings. The molecule has 1 aliphatic heterocycles. The van der Waals surface area contributed by atoms with Crippen LogP contribution in [0.5, 0.6) is 0 Å². The first-order valence-electron chi connectivity index (χ1n) is 5.66. The Bertz CT molecular complexity index is 307. The van der Waals surface area contributed by atoms with Gasteiger partial charge < -0.3 is 5.32 Å². The van der Waals surface area contributed by atoms with E-state index in [1.165, 1.54) is 11.1 Å². The normalized spacial score (nSPS) is 26.5. The summed E-state index contributed by atoms with van der Waals surface area (Å²) in [5.41, 5.74) is 2.52. The van der Waals surface area contributed by atoms with Gasteiger partial charge in [0.1, 0.15) is 6.17 Å². The third kappa shape index (κ3) is 2.78. The van der Waals surface area contributed by atoms with Crippen molar-refractivity contribution in [1.29, 1.82) is 0 Å². The molecule has 1 saturated heterocycles. The van der Waals surface area contributed by atoms with Crippen molar-refractivity contribution in [2.45, 2.75) is 25.9 Å². The average Bonchev–Trinajstić information content (AvgIpc) is 2.25. The number of nitrogens with one attached hydrogen (secondary N) is 1. The first-order chi connectivity index (χ1) is 7.25. The van der Waals surface area contributed by atoms with Gasteiger partial charge in [0, 0.05) is 6.54 Å². The van der Waals surface area contributed by atoms with Crippen molar-refractivity contribution in [2.75, 3.05) is 13.1 Å². The number of aryl methyl sites for hydroxylation is 1. The number of piperidine rings is 1. The highest BCUT2D eigenvalue weighted by molar-refractivity contribution is 5.21. The first kappa shape index (κ1) is 10.6. The smallest absolute Gasteiger partial charge is 0.116 e. The van der Waals surface area contributed by atoms with Gasteiger partial charge in [-0.15, -0.1) is 0 Å². The molecule has 15 heavy (non-hydrogen) atoms. The van der Waals surface area contributed by atoms with E-state index in [-0.39, 0.29) is 5.92 Å². The van der Waals surface area contributed by atoms with Gasteiger partial charge in [0.25, 0.3) is 0 Å². The zero-order valence-corrected chi connectivity index (χ0v) is 9.17. The molecule has 2 rings (SSSR count). The molecule has 0 amide bonds. The number of hydrogen-bond donors (Lipinski definition) is 1. The zero-order chi connectivity index (χ0) is 10.7. The second-order valence-corrected chi connectivity index (χ2v) is 4.46. The van der Waals surface area contributed by atoms with Crippen LogP contribution in [-0.4, -0.2) is 19.3 Å². The van der Waals surface area contributed by atoms with E-state index >= 15 is 0 Å². The summed E-state index contributed by atoms with van der Waals surface area (Å²) in [5.74, 6) is 0.203. The fraction of sp³-hybridized carbons (Fsp3) is 0.538. The molecule has 1 aliphatic rings. The predicted molar refractivity (Wildman–Crippen MR) is 60.8 cm³/mol. The Morgan fingerprint density at radius 3 is 2.73 bits per heavy atom. The summed E-state index contributed by atoms with van der Waals surface area (Å²) >= 11 is 0. The van der Waals surface area contributed by atoms with Crippen LogP contribution in [-0.2, 0) is 6.42 Å². The van der Waals surface area contributed by atoms with Crippen LogP contribution >= 0.6 is 0 Å². The number of benzene rings is 1. The number of alkyl halides is 1. The van der Waals surface area contributed by atoms with Crippen LogP contribution in [0.1, 0.15) is 17.5 Å². The van der Waals surface area contributed by atoms with Crippen LogP contribution < -0.4 is 5.32 Å². The summed E-state index contributed by atoms with van der Waals surface area (Å²) in [6, 6.07) is 8.43. The molecule has 82 valence electrons. The molecule has 1 aromatic rings. The number of rotatable bonds is 2. The van der Waals surface area contributed by atoms with E-state index in [9.17, 15) is 4.39 Å². The van der Waals surface area contributed by atoms with Gasteiger partial charge in [-0.1, -0.05) is 29.8 Å². The standard InChI is InChI=1S/C13H18FN/c1-10-2-4-11(5-3-10)8-12-6-7-15-9-13(12)14/h2-5,12-13,15H,6-9H2,1H3. The van der Waals surface area contributed by atoms with Crippen LogP contribution in [0.15, 0.2) is 24.3 Å². The minimum atomic E-state index is -0.681. The summed E-state index contributed by atoms with van der Waals surface area (Å²) < 4.78 is 13.6. The molecule has 0 bridgehead atoms. The number of hydrogen-bond acceptors (Lipinski definition) is 1. The van der Waals surface area contributed by atoms with E-state index in [1.807, 2.05) is 0 Å². The molecule has 0 spiro atoms. The maximum absolute atomic E-state index is 13.6. The summed E-state index contributed by atoms with van der Waals surface area (Å²) in [6.07, 6.45) is 1.15. The van der Waals surface area contributed by atoms with Gasteiger partial charge >= 0.3 is 0 Å². The van der Waals surface area contributed by atoms with Gasteiger partial charge in [0.2, 0.25) is 0 Å². The Balaban J connectivity index is 1.98. The van der Waals surface area contributed by atoms with Crippen molar-refractivity contribution in [3.8, 4) is 0 Å². The topological polar surface area (TPSA) is 12.0 Å². The molecule has 1 heterocycles. The molecule has 0 saturated carbocycles. The second-order valence-electron chi connectivity index (χ2n) is 4.46. The van der Waals surface area contributed by atoms with E-state index < -0.39 is 6.17 Å². The Hall–Kier alpha value is -0.890. The molecular formula is C13H18FN. The van der Waals surface area contributed by atoms with E-state index in [4.69, 9.17) is 0 Å². The predicted octanol–water partition coefficient (Wildman–Crippen LogP) is 2.49. The summed E-state index contributed by atoms with van der Waals surface area (Å²) in [5, 5.41) is 3.08. The third-order valence-corrected chi connectivity index (χ3v) is 3.16. The largest absolute Gasteiger partial charge is 0.314 e. The molecule has 1 nitrogen and oxygen atoms in total. The molecule has 2 atom stereocenters. The minimum Gasteiger partial charge on any atom is -0.314 e. The lowest BCUT2D eigenvalue weighted by Crippen LogP contribution is -2.38. The minimum absolute atomic E-state index is 0.203. The van der Waals surface area contributed by atoms with E-state index in [0.29, 0.717) is 6.54 Å². The van der Waals surface area contributed by atoms with Crippen molar-refractivity contribution < 1.29 is 4.39 Å². The molecule has 0 radical (unpaired) electrons. The molecule has 0 aromatic heterocycles. The maximum atomic E-state index is 13.6. The summed E-state index contributed by atoms with van der Waals surface area (Å²) in [7, 11) is 0. The highest BCUT2D eigenvalue weighted by Crippen LogP contribution is 2.21. The van der Waals surface area contributed by atoms with Crippen molar-refractivity contribution in [3.63, 3.8) is 0 Å². The van der Waals surface area contributed by atoms with Gasteiger partial charge in [0.05, 0.1) is 0 Å². The van der Waals surface area contributed by atoms with E-state index in [2.05, 4.69) is 36.5 Å². The fourth-order valence-corrected chi connectivity index (χ4v) is 2.13. The molecule has 0 aliphatic carbocycles. The molecule has 1 aromatic carbocycles. The second kappa shape index (κ2) is 4.75. The maximum Gasteiger partial charge on any atom is 0.116 e. The van der Waals surface area contributed by atoms with Crippen molar-refractivity contribution in [2.24, 2.45) is 5.92 Å². The lowest BCUT2D eigenvalue weighted by Gasteiger charge is -2.26. The first-order valence-corrected chi connectivity index (χ1v) is 5.66. The van der Waals surface area contributed by atoms with Crippen LogP contribution in [0.4, 0.5) is 4.39 Å². The Morgan fingerprint density at radius 1 is 1.33 bits per heavy atom. The average molecular weight is 207 g/mol. The number of halogens is 1. The van der Waals surface area contributed by atoms with Gasteiger partial charge in [-0.25, -0.2) is 4.39 Å². The van der Waals surface area contributed by atoms with E-state index in [1.54, 1.807) is 0 Å². The fourth-order valence-electron chi connectivity index (χ4n) is 2.13. The van der Waals surface area contributed by atoms with E-state index in [0.717, 1.165) is 19.4 Å². The highest BCUT2D eigenvalue weighted by Gasteiger charge is 2.24. The lowest BCUT2D eigenvalue weighted by atomic mass is 9.89. The van der Waals surface area contributed by atoms with Crippen LogP contribution in [0, 0.1) is 12.8 Å². The van der Waals surface area contributed by atoms with Crippen LogP contribution in [0.3, 0.4) is 0 Å². The highest BCUT2D eigenvalue weighted by atomic mass is 19.1. The summed E-state index contributed by atoms with van der Waals surface area (Å²) in [4.78, 5) is 0. The third-order valence-electron chi connectivity index (χ3n) is 3.16. The summed E-state index contributed by atoms with van der Waals surface area (Å²) in [6.45, 7) is 3.56. The van der Waals surface area contributed by atoms with Crippen molar-refractivity contribution in [3.05, 3.63) is 35.4 Å². The lowest BCUT2D eigenvalue weighted by molar-refractivity contribution is 0.179. The van der Waals surface area contributed by atoms with Gasteiger partial charge in [0.15, 0.2) is 0 Å². The van der Waals surface area contributed by atoms with Gasteiger partial charge in [-0.2, -0.15) is 0 Å². The molecule has 2 unspecified atom stereocenters. The zero-order valence-electron chi connectivity index (χ0n) is 9.17. The Morgan fingerprint density at radius 2 is 2.07 bits per heavy atom. The SMILES string of the molecule is Cc1ccc(CC2CCNCC2F)cc1. The Labute approximate surface area is 90.7 Å². The monoisotopic (exact) mass is 207 g/mol. The Kier molecular flexibility index (Phi) is 3.37. The van der Waals surface area contributed by atoms with Gasteiger partial charge in [-0.05, 0) is 37.8 Å². The molecule has 2 heteroatoms. The molecular weight excluding hydrogens is 189 g/mol.